The lowest BCUT2D eigenvalue weighted by Gasteiger charge is -2.11. The molecule has 8 rings (SSSR count). The topological polar surface area (TPSA) is 0 Å². The minimum atomic E-state index is -4.79. The molecule has 0 atom stereocenters. The standard InChI is InChI=1S/C27H21F5.C26H19F5/c1-2-3-4-17-5-6-19-14-20(8-7-18(19)13-17)21-9-11-23(25(28)15-21)22-10-12-24(26(29)16-22)27(30,31)32;1-2-3-16-4-5-18-13-19(7-6-17(18)12-16)20-8-10-22(24(27)14-20)21-9-11-23(25(28)15-21)26(29,30)31/h5-16H,2-4H2,1H3;4-15H,2-3H2,1H3. The van der Waals surface area contributed by atoms with Crippen LogP contribution in [0.1, 0.15) is 55.4 Å². The van der Waals surface area contributed by atoms with E-state index in [1.807, 2.05) is 42.5 Å². The number of halogens is 10. The van der Waals surface area contributed by atoms with Gasteiger partial charge in [-0.2, -0.15) is 26.3 Å². The molecule has 0 amide bonds. The normalized spacial score (nSPS) is 11.8. The number of rotatable bonds is 9. The second-order valence-corrected chi connectivity index (χ2v) is 15.4. The molecule has 8 aromatic carbocycles. The van der Waals surface area contributed by atoms with Gasteiger partial charge in [0.15, 0.2) is 0 Å². The van der Waals surface area contributed by atoms with E-state index >= 15 is 0 Å². The quantitative estimate of drug-likeness (QED) is 0.127. The van der Waals surface area contributed by atoms with Crippen LogP contribution < -0.4 is 0 Å². The van der Waals surface area contributed by atoms with Gasteiger partial charge in [-0.25, -0.2) is 17.6 Å². The van der Waals surface area contributed by atoms with Gasteiger partial charge in [-0.3, -0.25) is 0 Å². The van der Waals surface area contributed by atoms with Crippen LogP contribution in [0.5, 0.6) is 0 Å². The summed E-state index contributed by atoms with van der Waals surface area (Å²) in [5.74, 6) is -4.11. The number of hydrogen-bond donors (Lipinski definition) is 0. The number of hydrogen-bond acceptors (Lipinski definition) is 0. The summed E-state index contributed by atoms with van der Waals surface area (Å²) < 4.78 is 134. The van der Waals surface area contributed by atoms with Crippen molar-refractivity contribution in [2.45, 2.75) is 58.3 Å². The van der Waals surface area contributed by atoms with Crippen molar-refractivity contribution < 1.29 is 43.9 Å². The van der Waals surface area contributed by atoms with E-state index in [2.05, 4.69) is 44.2 Å². The fourth-order valence-electron chi connectivity index (χ4n) is 7.61. The third-order valence-corrected chi connectivity index (χ3v) is 10.9. The van der Waals surface area contributed by atoms with Gasteiger partial charge in [0.1, 0.15) is 23.3 Å². The molecule has 0 spiro atoms. The maximum atomic E-state index is 14.8. The van der Waals surface area contributed by atoms with Crippen molar-refractivity contribution in [2.24, 2.45) is 0 Å². The Labute approximate surface area is 358 Å². The molecule has 0 N–H and O–H groups in total. The molecule has 63 heavy (non-hydrogen) atoms. The summed E-state index contributed by atoms with van der Waals surface area (Å²) in [6, 6.07) is 38.1. The Balaban J connectivity index is 0.000000189. The average Bonchev–Trinajstić information content (AvgIpc) is 3.24. The summed E-state index contributed by atoms with van der Waals surface area (Å²) in [7, 11) is 0. The first-order chi connectivity index (χ1) is 30.0. The Morgan fingerprint density at radius 2 is 0.683 bits per heavy atom. The van der Waals surface area contributed by atoms with Crippen LogP contribution in [0.4, 0.5) is 43.9 Å². The van der Waals surface area contributed by atoms with Crippen LogP contribution in [0.2, 0.25) is 0 Å². The smallest absolute Gasteiger partial charge is 0.206 e. The monoisotopic (exact) mass is 866 g/mol. The van der Waals surface area contributed by atoms with Crippen LogP contribution >= 0.6 is 0 Å². The Morgan fingerprint density at radius 3 is 1.06 bits per heavy atom. The number of aryl methyl sites for hydroxylation is 2. The van der Waals surface area contributed by atoms with Gasteiger partial charge in [-0.1, -0.05) is 124 Å². The second-order valence-electron chi connectivity index (χ2n) is 15.4. The third-order valence-electron chi connectivity index (χ3n) is 10.9. The number of alkyl halides is 6. The van der Waals surface area contributed by atoms with Gasteiger partial charge in [0.2, 0.25) is 0 Å². The summed E-state index contributed by atoms with van der Waals surface area (Å²) >= 11 is 0. The summed E-state index contributed by atoms with van der Waals surface area (Å²) in [5, 5.41) is 4.29. The highest BCUT2D eigenvalue weighted by atomic mass is 19.4. The molecule has 0 saturated heterocycles. The molecule has 0 aliphatic heterocycles. The summed E-state index contributed by atoms with van der Waals surface area (Å²) in [6.07, 6.45) is -4.20. The number of benzene rings is 8. The van der Waals surface area contributed by atoms with E-state index in [0.29, 0.717) is 35.4 Å². The van der Waals surface area contributed by atoms with Crippen LogP contribution in [0.25, 0.3) is 66.1 Å². The van der Waals surface area contributed by atoms with Crippen molar-refractivity contribution in [3.05, 3.63) is 191 Å². The van der Waals surface area contributed by atoms with Gasteiger partial charge in [0.25, 0.3) is 0 Å². The van der Waals surface area contributed by atoms with Crippen LogP contribution in [0.3, 0.4) is 0 Å². The molecular weight excluding hydrogens is 827 g/mol. The fraction of sp³-hybridized carbons (Fsp3) is 0.170. The third kappa shape index (κ3) is 10.3. The lowest BCUT2D eigenvalue weighted by molar-refractivity contribution is -0.140. The fourth-order valence-corrected chi connectivity index (χ4v) is 7.61. The predicted molar refractivity (Wildman–Crippen MR) is 232 cm³/mol. The van der Waals surface area contributed by atoms with Crippen LogP contribution in [-0.2, 0) is 25.2 Å². The first-order valence-electron chi connectivity index (χ1n) is 20.4. The molecule has 0 radical (unpaired) electrons. The molecule has 10 heteroatoms. The molecule has 0 saturated carbocycles. The van der Waals surface area contributed by atoms with Crippen LogP contribution in [0, 0.1) is 23.3 Å². The highest BCUT2D eigenvalue weighted by molar-refractivity contribution is 5.89. The maximum Gasteiger partial charge on any atom is 0.419 e. The average molecular weight is 867 g/mol. The minimum Gasteiger partial charge on any atom is -0.206 e. The van der Waals surface area contributed by atoms with Crippen LogP contribution in [-0.4, -0.2) is 0 Å². The maximum absolute atomic E-state index is 14.8. The molecular formula is C53H40F10. The first-order valence-corrected chi connectivity index (χ1v) is 20.4. The van der Waals surface area contributed by atoms with Gasteiger partial charge in [0.05, 0.1) is 11.1 Å². The van der Waals surface area contributed by atoms with Crippen molar-refractivity contribution in [3.63, 3.8) is 0 Å². The van der Waals surface area contributed by atoms with Gasteiger partial charge in [-0.05, 0) is 134 Å². The zero-order valence-electron chi connectivity index (χ0n) is 34.2. The molecule has 322 valence electrons. The molecule has 0 nitrogen and oxygen atoms in total. The van der Waals surface area contributed by atoms with Gasteiger partial charge >= 0.3 is 12.4 Å². The van der Waals surface area contributed by atoms with E-state index < -0.39 is 46.7 Å². The Morgan fingerprint density at radius 1 is 0.333 bits per heavy atom. The second kappa shape index (κ2) is 18.5. The summed E-state index contributed by atoms with van der Waals surface area (Å²) in [5.41, 5.74) is 2.91. The number of fused-ring (bicyclic) bond motifs is 2. The minimum absolute atomic E-state index is 0.0429. The highest BCUT2D eigenvalue weighted by Crippen LogP contribution is 2.37. The molecule has 0 aliphatic rings. The molecule has 0 unspecified atom stereocenters. The van der Waals surface area contributed by atoms with E-state index in [9.17, 15) is 43.9 Å². The predicted octanol–water partition coefficient (Wildman–Crippen LogP) is 17.2. The van der Waals surface area contributed by atoms with Gasteiger partial charge < -0.3 is 0 Å². The zero-order valence-corrected chi connectivity index (χ0v) is 34.2. The van der Waals surface area contributed by atoms with Crippen molar-refractivity contribution in [3.8, 4) is 44.5 Å². The summed E-state index contributed by atoms with van der Waals surface area (Å²) in [6.45, 7) is 4.29. The lowest BCUT2D eigenvalue weighted by Crippen LogP contribution is -2.07. The molecule has 0 heterocycles. The SMILES string of the molecule is CCCCc1ccc2cc(-c3ccc(-c4ccc(C(F)(F)F)c(F)c4)c(F)c3)ccc2c1.CCCc1ccc2cc(-c3ccc(-c4ccc(C(F)(F)F)c(F)c4)c(F)c3)ccc2c1. The van der Waals surface area contributed by atoms with Gasteiger partial charge in [-0.15, -0.1) is 0 Å². The Hall–Kier alpha value is -6.42. The molecule has 0 aliphatic carbocycles. The molecule has 0 bridgehead atoms. The Kier molecular flexibility index (Phi) is 13.1. The molecule has 0 aromatic heterocycles. The van der Waals surface area contributed by atoms with Crippen molar-refractivity contribution >= 4 is 21.5 Å². The zero-order chi connectivity index (χ0) is 45.1. The van der Waals surface area contributed by atoms with E-state index in [1.54, 1.807) is 12.1 Å². The molecule has 0 fully saturated rings. The van der Waals surface area contributed by atoms with Gasteiger partial charge in [0, 0.05) is 11.1 Å². The molecule has 8 aromatic rings. The van der Waals surface area contributed by atoms with Crippen molar-refractivity contribution in [1.82, 2.24) is 0 Å². The van der Waals surface area contributed by atoms with E-state index in [0.717, 1.165) is 76.9 Å². The summed E-state index contributed by atoms with van der Waals surface area (Å²) in [4.78, 5) is 0. The van der Waals surface area contributed by atoms with Crippen molar-refractivity contribution in [1.29, 1.82) is 0 Å². The lowest BCUT2D eigenvalue weighted by atomic mass is 9.96. The number of unbranched alkanes of at least 4 members (excludes halogenated alkanes) is 1. The van der Waals surface area contributed by atoms with E-state index in [4.69, 9.17) is 0 Å². The van der Waals surface area contributed by atoms with Crippen LogP contribution in [0.15, 0.2) is 146 Å². The van der Waals surface area contributed by atoms with E-state index in [-0.39, 0.29) is 22.3 Å². The first kappa shape index (κ1) is 44.6. The largest absolute Gasteiger partial charge is 0.419 e. The van der Waals surface area contributed by atoms with E-state index in [1.165, 1.54) is 35.4 Å². The Bertz CT molecular complexity index is 2920. The highest BCUT2D eigenvalue weighted by Gasteiger charge is 2.35. The van der Waals surface area contributed by atoms with Crippen molar-refractivity contribution in [2.75, 3.05) is 0 Å².